The molecule has 1 aromatic heterocycles. The van der Waals surface area contributed by atoms with Gasteiger partial charge in [-0.15, -0.1) is 11.3 Å². The molecule has 0 radical (unpaired) electrons. The fraction of sp³-hybridized carbons (Fsp3) is 0.368. The van der Waals surface area contributed by atoms with E-state index >= 15 is 0 Å². The number of methoxy groups -OCH3 is 1. The summed E-state index contributed by atoms with van der Waals surface area (Å²) in [7, 11) is 1.38. The lowest BCUT2D eigenvalue weighted by atomic mass is 10.0. The van der Waals surface area contributed by atoms with Crippen molar-refractivity contribution >= 4 is 28.2 Å². The average Bonchev–Trinajstić information content (AvgIpc) is 3.10. The number of nitrogens with one attached hydrogen (secondary N) is 1. The Balaban J connectivity index is 1.79. The first-order valence-electron chi connectivity index (χ1n) is 8.08. The maximum atomic E-state index is 12.4. The minimum absolute atomic E-state index is 0.108. The zero-order valence-electron chi connectivity index (χ0n) is 14.2. The topological polar surface area (TPSA) is 55.4 Å². The summed E-state index contributed by atoms with van der Waals surface area (Å²) in [6.07, 6.45) is 3.20. The van der Waals surface area contributed by atoms with Crippen LogP contribution < -0.4 is 5.32 Å². The van der Waals surface area contributed by atoms with Crippen LogP contribution in [0.3, 0.4) is 0 Å². The van der Waals surface area contributed by atoms with E-state index in [0.29, 0.717) is 17.0 Å². The second-order valence-electron chi connectivity index (χ2n) is 6.20. The zero-order chi connectivity index (χ0) is 17.3. The van der Waals surface area contributed by atoms with Crippen LogP contribution in [0.2, 0.25) is 0 Å². The lowest BCUT2D eigenvalue weighted by Gasteiger charge is -2.08. The third kappa shape index (κ3) is 3.22. The number of hydrogen-bond donors (Lipinski definition) is 1. The highest BCUT2D eigenvalue weighted by Crippen LogP contribution is 2.39. The molecule has 1 N–H and O–H groups in total. The third-order valence-corrected chi connectivity index (χ3v) is 5.71. The SMILES string of the molecule is COC(=O)c1c(NC(=O)Cc2ccc(C)c(C)c2)sc2c1CCC2. The molecule has 2 aromatic rings. The fourth-order valence-electron chi connectivity index (χ4n) is 3.08. The maximum Gasteiger partial charge on any atom is 0.341 e. The highest BCUT2D eigenvalue weighted by atomic mass is 32.1. The number of aryl methyl sites for hydroxylation is 3. The molecule has 0 saturated heterocycles. The summed E-state index contributed by atoms with van der Waals surface area (Å²) >= 11 is 1.50. The fourth-order valence-corrected chi connectivity index (χ4v) is 4.37. The van der Waals surface area contributed by atoms with Crippen molar-refractivity contribution in [3.05, 3.63) is 50.9 Å². The number of carbonyl (C=O) groups is 2. The third-order valence-electron chi connectivity index (χ3n) is 4.50. The summed E-state index contributed by atoms with van der Waals surface area (Å²) in [6, 6.07) is 6.03. The molecule has 4 nitrogen and oxygen atoms in total. The molecule has 0 spiro atoms. The minimum Gasteiger partial charge on any atom is -0.465 e. The van der Waals surface area contributed by atoms with Gasteiger partial charge in [0, 0.05) is 4.88 Å². The lowest BCUT2D eigenvalue weighted by molar-refractivity contribution is -0.115. The van der Waals surface area contributed by atoms with Crippen LogP contribution in [-0.2, 0) is 28.8 Å². The molecule has 0 bridgehead atoms. The van der Waals surface area contributed by atoms with Crippen LogP contribution >= 0.6 is 11.3 Å². The Morgan fingerprint density at radius 3 is 2.71 bits per heavy atom. The number of benzene rings is 1. The van der Waals surface area contributed by atoms with Gasteiger partial charge in [-0.25, -0.2) is 4.79 Å². The molecule has 5 heteroatoms. The minimum atomic E-state index is -0.365. The zero-order valence-corrected chi connectivity index (χ0v) is 15.0. The summed E-state index contributed by atoms with van der Waals surface area (Å²) in [6.45, 7) is 4.09. The highest BCUT2D eigenvalue weighted by molar-refractivity contribution is 7.17. The van der Waals surface area contributed by atoms with E-state index in [9.17, 15) is 9.59 Å². The number of fused-ring (bicyclic) bond motifs is 1. The summed E-state index contributed by atoms with van der Waals surface area (Å²) in [5, 5.41) is 3.54. The predicted octanol–water partition coefficient (Wildman–Crippen LogP) is 3.82. The quantitative estimate of drug-likeness (QED) is 0.859. The van der Waals surface area contributed by atoms with E-state index < -0.39 is 0 Å². The van der Waals surface area contributed by atoms with Gasteiger partial charge < -0.3 is 10.1 Å². The summed E-state index contributed by atoms with van der Waals surface area (Å²) < 4.78 is 4.91. The van der Waals surface area contributed by atoms with Gasteiger partial charge in [-0.1, -0.05) is 18.2 Å². The van der Waals surface area contributed by atoms with Crippen LogP contribution in [0.15, 0.2) is 18.2 Å². The first kappa shape index (κ1) is 16.7. The Morgan fingerprint density at radius 2 is 2.00 bits per heavy atom. The van der Waals surface area contributed by atoms with E-state index in [1.165, 1.54) is 34.5 Å². The molecule has 1 heterocycles. The maximum absolute atomic E-state index is 12.4. The highest BCUT2D eigenvalue weighted by Gasteiger charge is 2.27. The molecule has 1 aliphatic rings. The van der Waals surface area contributed by atoms with Crippen molar-refractivity contribution in [1.29, 1.82) is 0 Å². The van der Waals surface area contributed by atoms with E-state index in [2.05, 4.69) is 12.2 Å². The van der Waals surface area contributed by atoms with Crippen LogP contribution in [0.25, 0.3) is 0 Å². The van der Waals surface area contributed by atoms with Crippen LogP contribution in [0, 0.1) is 13.8 Å². The molecule has 0 aliphatic heterocycles. The van der Waals surface area contributed by atoms with Gasteiger partial charge in [-0.3, -0.25) is 4.79 Å². The van der Waals surface area contributed by atoms with Crippen LogP contribution in [0.4, 0.5) is 5.00 Å². The summed E-state index contributed by atoms with van der Waals surface area (Å²) in [5.41, 5.74) is 4.95. The summed E-state index contributed by atoms with van der Waals surface area (Å²) in [4.78, 5) is 25.7. The standard InChI is InChI=1S/C19H21NO3S/c1-11-7-8-13(9-12(11)2)10-16(21)20-18-17(19(22)23-3)14-5-4-6-15(14)24-18/h7-9H,4-6,10H2,1-3H3,(H,20,21). The van der Waals surface area contributed by atoms with Gasteiger partial charge in [0.05, 0.1) is 19.1 Å². The molecule has 0 fully saturated rings. The molecule has 1 aliphatic carbocycles. The number of hydrogen-bond acceptors (Lipinski definition) is 4. The van der Waals surface area contributed by atoms with E-state index in [1.54, 1.807) is 0 Å². The number of amides is 1. The summed E-state index contributed by atoms with van der Waals surface area (Å²) in [5.74, 6) is -0.473. The van der Waals surface area contributed by atoms with Crippen molar-refractivity contribution in [2.24, 2.45) is 0 Å². The van der Waals surface area contributed by atoms with E-state index in [1.807, 2.05) is 25.1 Å². The van der Waals surface area contributed by atoms with Crippen molar-refractivity contribution in [3.63, 3.8) is 0 Å². The number of rotatable bonds is 4. The smallest absolute Gasteiger partial charge is 0.341 e. The molecular formula is C19H21NO3S. The monoisotopic (exact) mass is 343 g/mol. The van der Waals surface area contributed by atoms with E-state index in [4.69, 9.17) is 4.74 Å². The van der Waals surface area contributed by atoms with Crippen LogP contribution in [0.5, 0.6) is 0 Å². The average molecular weight is 343 g/mol. The van der Waals surface area contributed by atoms with Gasteiger partial charge in [0.2, 0.25) is 5.91 Å². The van der Waals surface area contributed by atoms with Crippen LogP contribution in [0.1, 0.15) is 43.9 Å². The lowest BCUT2D eigenvalue weighted by Crippen LogP contribution is -2.16. The molecule has 0 atom stereocenters. The van der Waals surface area contributed by atoms with Crippen molar-refractivity contribution in [1.82, 2.24) is 0 Å². The Morgan fingerprint density at radius 1 is 1.21 bits per heavy atom. The van der Waals surface area contributed by atoms with Gasteiger partial charge in [0.1, 0.15) is 5.00 Å². The van der Waals surface area contributed by atoms with Crippen molar-refractivity contribution < 1.29 is 14.3 Å². The van der Waals surface area contributed by atoms with Gasteiger partial charge >= 0.3 is 5.97 Å². The van der Waals surface area contributed by atoms with Gasteiger partial charge in [0.25, 0.3) is 0 Å². The van der Waals surface area contributed by atoms with Gasteiger partial charge in [0.15, 0.2) is 0 Å². The molecule has 126 valence electrons. The number of esters is 1. The van der Waals surface area contributed by atoms with Gasteiger partial charge in [-0.05, 0) is 55.4 Å². The van der Waals surface area contributed by atoms with Crippen molar-refractivity contribution in [2.45, 2.75) is 39.5 Å². The number of anilines is 1. The first-order valence-corrected chi connectivity index (χ1v) is 8.90. The van der Waals surface area contributed by atoms with Crippen molar-refractivity contribution in [2.75, 3.05) is 12.4 Å². The second-order valence-corrected chi connectivity index (χ2v) is 7.30. The molecule has 3 rings (SSSR count). The Bertz CT molecular complexity index is 807. The molecule has 0 saturated carbocycles. The molecule has 24 heavy (non-hydrogen) atoms. The Hall–Kier alpha value is -2.14. The van der Waals surface area contributed by atoms with E-state index in [-0.39, 0.29) is 11.9 Å². The Labute approximate surface area is 145 Å². The Kier molecular flexibility index (Phi) is 4.71. The second kappa shape index (κ2) is 6.77. The first-order chi connectivity index (χ1) is 11.5. The number of carbonyl (C=O) groups excluding carboxylic acids is 2. The van der Waals surface area contributed by atoms with Gasteiger partial charge in [-0.2, -0.15) is 0 Å². The predicted molar refractivity (Wildman–Crippen MR) is 95.9 cm³/mol. The van der Waals surface area contributed by atoms with Crippen LogP contribution in [-0.4, -0.2) is 19.0 Å². The van der Waals surface area contributed by atoms with Crippen molar-refractivity contribution in [3.8, 4) is 0 Å². The molecule has 1 aromatic carbocycles. The largest absolute Gasteiger partial charge is 0.465 e. The molecular weight excluding hydrogens is 322 g/mol. The number of ether oxygens (including phenoxy) is 1. The molecule has 0 unspecified atom stereocenters. The molecule has 1 amide bonds. The normalized spacial score (nSPS) is 12.8. The number of thiophene rings is 1. The van der Waals surface area contributed by atoms with E-state index in [0.717, 1.165) is 30.4 Å².